The highest BCUT2D eigenvalue weighted by molar-refractivity contribution is 7.92. The van der Waals surface area contributed by atoms with Gasteiger partial charge in [0, 0.05) is 29.9 Å². The standard InChI is InChI=1S/C18H21N3O6S/c1-12(2)10-18(22)19-13-4-6-14(7-5-13)20-28(25,26)17-11-15(21(23)24)8-9-16(17)27-3/h4-9,11-12,20H,10H2,1-3H3,(H,19,22). The first-order chi connectivity index (χ1) is 13.1. The lowest BCUT2D eigenvalue weighted by molar-refractivity contribution is -0.385. The fourth-order valence-electron chi connectivity index (χ4n) is 2.40. The molecule has 0 spiro atoms. The van der Waals surface area contributed by atoms with Crippen LogP contribution in [-0.4, -0.2) is 26.4 Å². The molecule has 28 heavy (non-hydrogen) atoms. The summed E-state index contributed by atoms with van der Waals surface area (Å²) in [6.07, 6.45) is 0.376. The number of carbonyl (C=O) groups excluding carboxylic acids is 1. The third-order valence-electron chi connectivity index (χ3n) is 3.66. The zero-order valence-corrected chi connectivity index (χ0v) is 16.4. The van der Waals surface area contributed by atoms with Crippen LogP contribution in [0.1, 0.15) is 20.3 Å². The number of hydrogen-bond donors (Lipinski definition) is 2. The molecule has 0 aromatic heterocycles. The first-order valence-corrected chi connectivity index (χ1v) is 9.86. The summed E-state index contributed by atoms with van der Waals surface area (Å²) in [6.45, 7) is 3.86. The van der Waals surface area contributed by atoms with Crippen LogP contribution >= 0.6 is 0 Å². The molecule has 2 aromatic rings. The summed E-state index contributed by atoms with van der Waals surface area (Å²) in [5.74, 6) is 0.0660. The lowest BCUT2D eigenvalue weighted by Crippen LogP contribution is -2.15. The van der Waals surface area contributed by atoms with E-state index in [0.29, 0.717) is 12.1 Å². The van der Waals surface area contributed by atoms with Gasteiger partial charge >= 0.3 is 0 Å². The SMILES string of the molecule is COc1ccc([N+](=O)[O-])cc1S(=O)(=O)Nc1ccc(NC(=O)CC(C)C)cc1. The number of carbonyl (C=O) groups is 1. The minimum atomic E-state index is -4.13. The maximum atomic E-state index is 12.7. The molecule has 0 aliphatic rings. The number of amides is 1. The van der Waals surface area contributed by atoms with E-state index in [1.165, 1.54) is 25.3 Å². The zero-order chi connectivity index (χ0) is 20.9. The fourth-order valence-corrected chi connectivity index (χ4v) is 3.65. The monoisotopic (exact) mass is 407 g/mol. The van der Waals surface area contributed by atoms with E-state index in [0.717, 1.165) is 12.1 Å². The van der Waals surface area contributed by atoms with Gasteiger partial charge in [0.15, 0.2) is 0 Å². The molecular weight excluding hydrogens is 386 g/mol. The normalized spacial score (nSPS) is 11.1. The van der Waals surface area contributed by atoms with Crippen molar-refractivity contribution in [3.63, 3.8) is 0 Å². The first kappa shape index (κ1) is 21.2. The predicted octanol–water partition coefficient (Wildman–Crippen LogP) is 3.39. The van der Waals surface area contributed by atoms with E-state index < -0.39 is 14.9 Å². The molecule has 0 fully saturated rings. The molecule has 2 aromatic carbocycles. The minimum absolute atomic E-state index is 0.0179. The Balaban J connectivity index is 2.22. The van der Waals surface area contributed by atoms with Gasteiger partial charge in [-0.15, -0.1) is 0 Å². The van der Waals surface area contributed by atoms with Gasteiger partial charge < -0.3 is 10.1 Å². The second-order valence-electron chi connectivity index (χ2n) is 6.42. The molecule has 0 aliphatic heterocycles. The fraction of sp³-hybridized carbons (Fsp3) is 0.278. The van der Waals surface area contributed by atoms with Crippen LogP contribution in [0.2, 0.25) is 0 Å². The molecule has 0 bridgehead atoms. The number of anilines is 2. The number of non-ortho nitro benzene ring substituents is 1. The summed E-state index contributed by atoms with van der Waals surface area (Å²) in [5, 5.41) is 13.7. The molecule has 150 valence electrons. The molecule has 0 saturated heterocycles. The Bertz CT molecular complexity index is 971. The van der Waals surface area contributed by atoms with Crippen LogP contribution in [0.3, 0.4) is 0 Å². The van der Waals surface area contributed by atoms with Crippen molar-refractivity contribution in [3.8, 4) is 5.75 Å². The topological polar surface area (TPSA) is 128 Å². The van der Waals surface area contributed by atoms with Gasteiger partial charge in [0.2, 0.25) is 5.91 Å². The Labute approximate surface area is 162 Å². The van der Waals surface area contributed by atoms with Gasteiger partial charge in [-0.2, -0.15) is 0 Å². The minimum Gasteiger partial charge on any atom is -0.495 e. The Morgan fingerprint density at radius 2 is 1.75 bits per heavy atom. The average molecular weight is 407 g/mol. The van der Waals surface area contributed by atoms with E-state index in [-0.39, 0.29) is 33.8 Å². The molecule has 9 nitrogen and oxygen atoms in total. The molecule has 0 atom stereocenters. The van der Waals surface area contributed by atoms with E-state index >= 15 is 0 Å². The molecular formula is C18H21N3O6S. The van der Waals surface area contributed by atoms with Crippen molar-refractivity contribution in [2.45, 2.75) is 25.2 Å². The maximum absolute atomic E-state index is 12.7. The number of hydrogen-bond acceptors (Lipinski definition) is 6. The van der Waals surface area contributed by atoms with Crippen molar-refractivity contribution in [1.82, 2.24) is 0 Å². The summed E-state index contributed by atoms with van der Waals surface area (Å²) in [6, 6.07) is 9.38. The highest BCUT2D eigenvalue weighted by Gasteiger charge is 2.23. The molecule has 0 aliphatic carbocycles. The number of ether oxygens (including phenoxy) is 1. The Kier molecular flexibility index (Phi) is 6.57. The molecule has 10 heteroatoms. The van der Waals surface area contributed by atoms with Crippen molar-refractivity contribution in [2.24, 2.45) is 5.92 Å². The van der Waals surface area contributed by atoms with Crippen LogP contribution in [0.25, 0.3) is 0 Å². The van der Waals surface area contributed by atoms with E-state index in [9.17, 15) is 23.3 Å². The molecule has 0 radical (unpaired) electrons. The Morgan fingerprint density at radius 1 is 1.14 bits per heavy atom. The lowest BCUT2D eigenvalue weighted by atomic mass is 10.1. The highest BCUT2D eigenvalue weighted by atomic mass is 32.2. The van der Waals surface area contributed by atoms with Gasteiger partial charge in [-0.3, -0.25) is 19.6 Å². The Morgan fingerprint density at radius 3 is 2.29 bits per heavy atom. The zero-order valence-electron chi connectivity index (χ0n) is 15.6. The van der Waals surface area contributed by atoms with Gasteiger partial charge in [-0.1, -0.05) is 13.8 Å². The molecule has 0 unspecified atom stereocenters. The number of methoxy groups -OCH3 is 1. The smallest absolute Gasteiger partial charge is 0.271 e. The van der Waals surface area contributed by atoms with Crippen molar-refractivity contribution >= 4 is 33.0 Å². The van der Waals surface area contributed by atoms with Crippen molar-refractivity contribution < 1.29 is 22.9 Å². The predicted molar refractivity (Wildman–Crippen MR) is 105 cm³/mol. The number of rotatable bonds is 8. The molecule has 2 rings (SSSR count). The third-order valence-corrected chi connectivity index (χ3v) is 5.06. The number of nitrogens with one attached hydrogen (secondary N) is 2. The third kappa shape index (κ3) is 5.43. The van der Waals surface area contributed by atoms with Gasteiger partial charge in [0.1, 0.15) is 10.6 Å². The van der Waals surface area contributed by atoms with Gasteiger partial charge in [0.25, 0.3) is 15.7 Å². The second-order valence-corrected chi connectivity index (χ2v) is 8.07. The van der Waals surface area contributed by atoms with Crippen LogP contribution in [0.15, 0.2) is 47.4 Å². The summed E-state index contributed by atoms with van der Waals surface area (Å²) >= 11 is 0. The van der Waals surface area contributed by atoms with Crippen LogP contribution in [0.4, 0.5) is 17.1 Å². The van der Waals surface area contributed by atoms with Crippen LogP contribution in [-0.2, 0) is 14.8 Å². The molecule has 1 amide bonds. The number of nitro groups is 1. The molecule has 0 heterocycles. The maximum Gasteiger partial charge on any atom is 0.271 e. The van der Waals surface area contributed by atoms with Gasteiger partial charge in [-0.05, 0) is 36.2 Å². The van der Waals surface area contributed by atoms with Crippen LogP contribution in [0.5, 0.6) is 5.75 Å². The van der Waals surface area contributed by atoms with E-state index in [2.05, 4.69) is 10.0 Å². The van der Waals surface area contributed by atoms with E-state index in [4.69, 9.17) is 4.74 Å². The van der Waals surface area contributed by atoms with Gasteiger partial charge in [0.05, 0.1) is 12.0 Å². The number of sulfonamides is 1. The van der Waals surface area contributed by atoms with Crippen molar-refractivity contribution in [2.75, 3.05) is 17.1 Å². The molecule has 2 N–H and O–H groups in total. The second kappa shape index (κ2) is 8.70. The Hall–Kier alpha value is -3.14. The first-order valence-electron chi connectivity index (χ1n) is 8.37. The lowest BCUT2D eigenvalue weighted by Gasteiger charge is -2.12. The number of benzene rings is 2. The van der Waals surface area contributed by atoms with Crippen LogP contribution < -0.4 is 14.8 Å². The van der Waals surface area contributed by atoms with Crippen LogP contribution in [0, 0.1) is 16.0 Å². The number of nitrogens with zero attached hydrogens (tertiary/aromatic N) is 1. The molecule has 0 saturated carbocycles. The van der Waals surface area contributed by atoms with Crippen molar-refractivity contribution in [1.29, 1.82) is 0 Å². The average Bonchev–Trinajstić information content (AvgIpc) is 2.61. The summed E-state index contributed by atoms with van der Waals surface area (Å²) in [5.41, 5.74) is 0.390. The highest BCUT2D eigenvalue weighted by Crippen LogP contribution is 2.30. The van der Waals surface area contributed by atoms with E-state index in [1.807, 2.05) is 13.8 Å². The summed E-state index contributed by atoms with van der Waals surface area (Å²) in [4.78, 5) is 21.7. The van der Waals surface area contributed by atoms with E-state index in [1.54, 1.807) is 12.1 Å². The van der Waals surface area contributed by atoms with Gasteiger partial charge in [-0.25, -0.2) is 8.42 Å². The summed E-state index contributed by atoms with van der Waals surface area (Å²) in [7, 11) is -2.86. The summed E-state index contributed by atoms with van der Waals surface area (Å²) < 4.78 is 32.7. The largest absolute Gasteiger partial charge is 0.495 e. The number of nitro benzene ring substituents is 1. The quantitative estimate of drug-likeness (QED) is 0.510. The van der Waals surface area contributed by atoms with Crippen molar-refractivity contribution in [3.05, 3.63) is 52.6 Å².